The normalized spacial score (nSPS) is 9.25. The van der Waals surface area contributed by atoms with E-state index in [4.69, 9.17) is 11.6 Å². The Hall–Kier alpha value is -0.770. The van der Waals surface area contributed by atoms with E-state index in [1.165, 1.54) is 0 Å². The molecule has 0 fully saturated rings. The predicted octanol–water partition coefficient (Wildman–Crippen LogP) is 0.464. The maximum Gasteiger partial charge on any atom is 0.328 e. The van der Waals surface area contributed by atoms with Crippen molar-refractivity contribution in [3.05, 3.63) is 17.4 Å². The zero-order valence-electron chi connectivity index (χ0n) is 3.60. The molecule has 0 saturated heterocycles. The van der Waals surface area contributed by atoms with Gasteiger partial charge in [0.05, 0.1) is 0 Å². The van der Waals surface area contributed by atoms with Gasteiger partial charge < -0.3 is 0 Å². The molecule has 0 unspecified atom stereocenters. The van der Waals surface area contributed by atoms with Crippen LogP contribution in [0.15, 0.2) is 0 Å². The molecule has 0 N–H and O–H groups in total. The van der Waals surface area contributed by atoms with Crippen LogP contribution in [0, 0.1) is 12.3 Å². The van der Waals surface area contributed by atoms with Crippen LogP contribution in [0.3, 0.4) is 0 Å². The van der Waals surface area contributed by atoms with E-state index in [2.05, 4.69) is 21.4 Å². The van der Waals surface area contributed by atoms with Crippen LogP contribution in [-0.2, 0) is 0 Å². The third-order valence-corrected chi connectivity index (χ3v) is 0.634. The molecule has 1 aromatic heterocycles. The highest BCUT2D eigenvalue weighted by Gasteiger charge is 1.92. The first kappa shape index (κ1) is 5.37. The third kappa shape index (κ3) is 1.10. The highest BCUT2D eigenvalue weighted by molar-refractivity contribution is 6.29. The molecule has 3 nitrogen and oxygen atoms in total. The van der Waals surface area contributed by atoms with Crippen molar-refractivity contribution < 1.29 is 4.39 Å². The summed E-state index contributed by atoms with van der Waals surface area (Å²) in [6, 6.07) is 0. The maximum atomic E-state index is 11.8. The minimum Gasteiger partial charge on any atom is -0.187 e. The van der Waals surface area contributed by atoms with Gasteiger partial charge in [-0.25, -0.2) is 0 Å². The topological polar surface area (TPSA) is 38.7 Å². The first-order chi connectivity index (χ1) is 3.79. The van der Waals surface area contributed by atoms with Gasteiger partial charge in [-0.1, -0.05) is 16.7 Å². The van der Waals surface area contributed by atoms with Crippen molar-refractivity contribution in [2.45, 2.75) is 0 Å². The largest absolute Gasteiger partial charge is 0.328 e. The quantitative estimate of drug-likeness (QED) is 0.515. The van der Waals surface area contributed by atoms with E-state index in [-0.39, 0.29) is 5.15 Å². The molecule has 0 aliphatic rings. The van der Waals surface area contributed by atoms with Crippen molar-refractivity contribution in [1.29, 1.82) is 0 Å². The van der Waals surface area contributed by atoms with Crippen LogP contribution < -0.4 is 0 Å². The van der Waals surface area contributed by atoms with E-state index in [0.29, 0.717) is 0 Å². The Labute approximate surface area is 49.5 Å². The summed E-state index contributed by atoms with van der Waals surface area (Å²) < 4.78 is 11.8. The molecule has 1 heterocycles. The molecule has 1 radical (unpaired) electrons. The Morgan fingerprint density at radius 2 is 2.38 bits per heavy atom. The predicted molar refractivity (Wildman–Crippen MR) is 23.6 cm³/mol. The second kappa shape index (κ2) is 2.00. The average Bonchev–Trinajstić information content (AvgIpc) is 1.64. The minimum absolute atomic E-state index is 0.113. The standard InChI is InChI=1S/C3ClFN3/c4-2-1-6-8-3(5)7-2. The zero-order valence-corrected chi connectivity index (χ0v) is 4.35. The Balaban J connectivity index is 3.08. The fourth-order valence-corrected chi connectivity index (χ4v) is 0.343. The van der Waals surface area contributed by atoms with Gasteiger partial charge in [0.25, 0.3) is 0 Å². The average molecular weight is 133 g/mol. The van der Waals surface area contributed by atoms with E-state index >= 15 is 0 Å². The van der Waals surface area contributed by atoms with Crippen LogP contribution in [-0.4, -0.2) is 15.2 Å². The Morgan fingerprint density at radius 1 is 1.62 bits per heavy atom. The van der Waals surface area contributed by atoms with Crippen molar-refractivity contribution in [3.8, 4) is 0 Å². The summed E-state index contributed by atoms with van der Waals surface area (Å²) in [6.07, 6.45) is 1.19. The van der Waals surface area contributed by atoms with Crippen LogP contribution in [0.1, 0.15) is 0 Å². The number of halogens is 2. The van der Waals surface area contributed by atoms with E-state index < -0.39 is 6.08 Å². The van der Waals surface area contributed by atoms with Gasteiger partial charge in [0, 0.05) is 0 Å². The molecule has 0 aliphatic heterocycles. The lowest BCUT2D eigenvalue weighted by Crippen LogP contribution is -1.90. The Bertz CT molecular complexity index is 174. The first-order valence-electron chi connectivity index (χ1n) is 1.72. The van der Waals surface area contributed by atoms with E-state index in [1.54, 1.807) is 0 Å². The lowest BCUT2D eigenvalue weighted by Gasteiger charge is -1.81. The number of hydrogen-bond acceptors (Lipinski definition) is 3. The fraction of sp³-hybridized carbons (Fsp3) is 0. The summed E-state index contributed by atoms with van der Waals surface area (Å²) >= 11 is 5.14. The van der Waals surface area contributed by atoms with Crippen LogP contribution in [0.4, 0.5) is 4.39 Å². The third-order valence-electron chi connectivity index (χ3n) is 0.465. The van der Waals surface area contributed by atoms with Crippen molar-refractivity contribution in [3.63, 3.8) is 0 Å². The van der Waals surface area contributed by atoms with Gasteiger partial charge in [-0.2, -0.15) is 9.37 Å². The molecule has 0 spiro atoms. The van der Waals surface area contributed by atoms with Gasteiger partial charge in [0.1, 0.15) is 0 Å². The second-order valence-electron chi connectivity index (χ2n) is 0.983. The Morgan fingerprint density at radius 3 is 2.75 bits per heavy atom. The van der Waals surface area contributed by atoms with E-state index in [1.807, 2.05) is 0 Å². The molecule has 1 rings (SSSR count). The van der Waals surface area contributed by atoms with Gasteiger partial charge >= 0.3 is 6.08 Å². The minimum atomic E-state index is -0.936. The van der Waals surface area contributed by atoms with Gasteiger partial charge in [0.2, 0.25) is 0 Å². The molecule has 0 amide bonds. The molecule has 0 bridgehead atoms. The molecule has 1 aromatic rings. The highest BCUT2D eigenvalue weighted by Crippen LogP contribution is 1.96. The molecule has 0 atom stereocenters. The number of nitrogens with zero attached hydrogens (tertiary/aromatic N) is 3. The number of aromatic nitrogens is 3. The van der Waals surface area contributed by atoms with Crippen LogP contribution in [0.2, 0.25) is 5.15 Å². The number of rotatable bonds is 0. The lowest BCUT2D eigenvalue weighted by molar-refractivity contribution is 0.517. The van der Waals surface area contributed by atoms with Crippen LogP contribution in [0.5, 0.6) is 0 Å². The van der Waals surface area contributed by atoms with Gasteiger partial charge in [-0.15, -0.1) is 5.10 Å². The van der Waals surface area contributed by atoms with Gasteiger partial charge in [-0.05, 0) is 0 Å². The summed E-state index contributed by atoms with van der Waals surface area (Å²) in [6.45, 7) is 0. The zero-order chi connectivity index (χ0) is 5.98. The lowest BCUT2D eigenvalue weighted by atomic mass is 10.9. The SMILES string of the molecule is Fc1nn[c]c(Cl)n1. The summed E-state index contributed by atoms with van der Waals surface area (Å²) in [4.78, 5) is 3.04. The molecule has 5 heteroatoms. The summed E-state index contributed by atoms with van der Waals surface area (Å²) in [5.74, 6) is 0. The summed E-state index contributed by atoms with van der Waals surface area (Å²) in [5.41, 5.74) is 0. The molecule has 8 heavy (non-hydrogen) atoms. The maximum absolute atomic E-state index is 11.8. The smallest absolute Gasteiger partial charge is 0.187 e. The van der Waals surface area contributed by atoms with Crippen molar-refractivity contribution >= 4 is 11.6 Å². The molecular formula is C3ClFN3. The monoisotopic (exact) mass is 132 g/mol. The van der Waals surface area contributed by atoms with Crippen molar-refractivity contribution in [2.24, 2.45) is 0 Å². The molecular weight excluding hydrogens is 133 g/mol. The molecule has 0 saturated carbocycles. The molecule has 0 aliphatic carbocycles. The second-order valence-corrected chi connectivity index (χ2v) is 1.34. The van der Waals surface area contributed by atoms with E-state index in [9.17, 15) is 4.39 Å². The van der Waals surface area contributed by atoms with Gasteiger partial charge in [-0.3, -0.25) is 0 Å². The van der Waals surface area contributed by atoms with Gasteiger partial charge in [0.15, 0.2) is 11.3 Å². The first-order valence-corrected chi connectivity index (χ1v) is 2.10. The summed E-state index contributed by atoms with van der Waals surface area (Å²) in [5, 5.41) is 5.80. The van der Waals surface area contributed by atoms with Crippen LogP contribution in [0.25, 0.3) is 0 Å². The van der Waals surface area contributed by atoms with Crippen molar-refractivity contribution in [1.82, 2.24) is 15.2 Å². The molecule has 0 aromatic carbocycles. The highest BCUT2D eigenvalue weighted by atomic mass is 35.5. The van der Waals surface area contributed by atoms with Crippen LogP contribution >= 0.6 is 11.6 Å². The fourth-order valence-electron chi connectivity index (χ4n) is 0.236. The van der Waals surface area contributed by atoms with E-state index in [0.717, 1.165) is 0 Å². The Kier molecular flexibility index (Phi) is 1.34. The molecule has 41 valence electrons. The van der Waals surface area contributed by atoms with Crippen molar-refractivity contribution in [2.75, 3.05) is 0 Å². The number of hydrogen-bond donors (Lipinski definition) is 0. The summed E-state index contributed by atoms with van der Waals surface area (Å²) in [7, 11) is 0.